The number of nitrogens with zero attached hydrogens (tertiary/aromatic N) is 6. The molecule has 71 heavy (non-hydrogen) atoms. The number of nitrogens with one attached hydrogen (secondary N) is 2. The lowest BCUT2D eigenvalue weighted by Gasteiger charge is -2.35. The van der Waals surface area contributed by atoms with E-state index in [0.29, 0.717) is 63.3 Å². The van der Waals surface area contributed by atoms with E-state index in [-0.39, 0.29) is 53.3 Å². The summed E-state index contributed by atoms with van der Waals surface area (Å²) in [5, 5.41) is 14.7. The van der Waals surface area contributed by atoms with Crippen LogP contribution in [0.4, 0.5) is 28.9 Å². The molecule has 0 bridgehead atoms. The molecule has 2 aromatic carbocycles. The molecule has 2 fully saturated rings. The Morgan fingerprint density at radius 1 is 1.01 bits per heavy atom. The molecule has 6 rings (SSSR count). The van der Waals surface area contributed by atoms with E-state index < -0.39 is 63.7 Å². The molecule has 0 radical (unpaired) electrons. The van der Waals surface area contributed by atoms with E-state index in [2.05, 4.69) is 20.6 Å². The summed E-state index contributed by atoms with van der Waals surface area (Å²) in [7, 11) is 0. The number of rotatable bonds is 20. The van der Waals surface area contributed by atoms with Gasteiger partial charge in [0.25, 0.3) is 5.91 Å². The highest BCUT2D eigenvalue weighted by molar-refractivity contribution is 7.81. The van der Waals surface area contributed by atoms with Gasteiger partial charge in [-0.15, -0.1) is 11.3 Å². The molecule has 2 saturated heterocycles. The van der Waals surface area contributed by atoms with Gasteiger partial charge in [0.05, 0.1) is 56.9 Å². The Morgan fingerprint density at radius 3 is 2.35 bits per heavy atom. The number of hydrogen-bond donors (Lipinski definition) is 2. The van der Waals surface area contributed by atoms with Crippen LogP contribution in [0.2, 0.25) is 5.02 Å². The summed E-state index contributed by atoms with van der Waals surface area (Å²) < 4.78 is 73.7. The lowest BCUT2D eigenvalue weighted by Crippen LogP contribution is -2.58. The number of anilines is 2. The van der Waals surface area contributed by atoms with Crippen molar-refractivity contribution in [1.29, 1.82) is 5.26 Å². The maximum absolute atomic E-state index is 15.4. The first-order chi connectivity index (χ1) is 33.6. The van der Waals surface area contributed by atoms with E-state index in [0.717, 1.165) is 33.8 Å². The first-order valence-electron chi connectivity index (χ1n) is 22.9. The summed E-state index contributed by atoms with van der Waals surface area (Å²) in [6, 6.07) is 10.8. The van der Waals surface area contributed by atoms with Crippen LogP contribution >= 0.6 is 35.2 Å². The molecule has 4 aromatic rings. The zero-order valence-corrected chi connectivity index (χ0v) is 42.5. The van der Waals surface area contributed by atoms with Crippen molar-refractivity contribution in [2.24, 2.45) is 5.41 Å². The molecular weight excluding hydrogens is 988 g/mol. The molecule has 22 heteroatoms. The number of carbonyl (C=O) groups excluding carboxylic acids is 4. The van der Waals surface area contributed by atoms with E-state index in [4.69, 9.17) is 43.3 Å². The topological polar surface area (TPSA) is 179 Å². The van der Waals surface area contributed by atoms with Crippen molar-refractivity contribution in [3.05, 3.63) is 87.4 Å². The Kier molecular flexibility index (Phi) is 17.8. The van der Waals surface area contributed by atoms with Gasteiger partial charge in [-0.1, -0.05) is 56.6 Å². The van der Waals surface area contributed by atoms with E-state index in [1.807, 2.05) is 57.5 Å². The number of pyridine rings is 1. The zero-order valence-electron chi connectivity index (χ0n) is 40.1. The molecule has 0 aliphatic carbocycles. The number of unbranched alkanes of at least 4 members (excludes halogenated alkanes) is 1. The van der Waals surface area contributed by atoms with Crippen LogP contribution in [0.1, 0.15) is 89.1 Å². The molecule has 2 aromatic heterocycles. The lowest BCUT2D eigenvalue weighted by molar-refractivity contribution is -0.144. The van der Waals surface area contributed by atoms with Gasteiger partial charge in [0, 0.05) is 39.0 Å². The third kappa shape index (κ3) is 12.8. The average molecular weight is 1040 g/mol. The van der Waals surface area contributed by atoms with Crippen LogP contribution < -0.4 is 25.2 Å². The number of aromatic nitrogens is 2. The number of carbonyl (C=O) groups is 4. The highest BCUT2D eigenvalue weighted by atomic mass is 35.5. The number of hydrogen-bond acceptors (Lipinski definition) is 12. The summed E-state index contributed by atoms with van der Waals surface area (Å²) in [5.74, 6) is -3.50. The Morgan fingerprint density at radius 2 is 1.70 bits per heavy atom. The Hall–Kier alpha value is -5.79. The van der Waals surface area contributed by atoms with Crippen LogP contribution in [0.5, 0.6) is 5.88 Å². The fraction of sp³-hybridized carbons (Fsp3) is 0.469. The maximum atomic E-state index is 15.4. The summed E-state index contributed by atoms with van der Waals surface area (Å²) in [4.78, 5) is 67.0. The van der Waals surface area contributed by atoms with Gasteiger partial charge in [-0.2, -0.15) is 18.4 Å². The normalized spacial score (nSPS) is 16.3. The van der Waals surface area contributed by atoms with Crippen LogP contribution in [-0.2, 0) is 41.4 Å². The summed E-state index contributed by atoms with van der Waals surface area (Å²) >= 11 is 13.7. The molecule has 2 N–H and O–H groups in total. The Bertz CT molecular complexity index is 2660. The van der Waals surface area contributed by atoms with Crippen molar-refractivity contribution in [1.82, 2.24) is 25.5 Å². The minimum atomic E-state index is -5.22. The third-order valence-corrected chi connectivity index (χ3v) is 13.6. The molecule has 0 saturated carbocycles. The number of likely N-dealkylation sites (tertiary alicyclic amines) is 1. The highest BCUT2D eigenvalue weighted by Gasteiger charge is 2.52. The molecule has 380 valence electrons. The number of ether oxygens (including phenoxy) is 3. The predicted molar refractivity (Wildman–Crippen MR) is 263 cm³/mol. The standard InChI is InChI=1S/C49H55ClF4N8O7S2/c1-29-41(71-28-58-29)31-14-12-30(13-15-31)25-57-43(64)35-11-9-18-60(35)44(65)42(47(2,3)4)59-37(63)27-68-21-10-20-67-19-7-8-22-69-38-23-33(50)36(26-56-38)62-46(70)61(45(66)48(62,5)6)34-17-16-32(24-55)39(40(34)51)49(52,53)54/h12-17,23,26,28,35,42H,7-11,18-22,25,27H2,1-6H3,(H,57,64)(H,59,63)/t35-,42+/m0/s1. The summed E-state index contributed by atoms with van der Waals surface area (Å²) in [6.07, 6.45) is -1.01. The van der Waals surface area contributed by atoms with Crippen LogP contribution in [-0.4, -0.2) is 101 Å². The first-order valence-corrected chi connectivity index (χ1v) is 24.5. The second-order valence-corrected chi connectivity index (χ2v) is 20.2. The molecule has 4 amide bonds. The van der Waals surface area contributed by atoms with Crippen LogP contribution in [0.15, 0.2) is 54.2 Å². The number of benzene rings is 2. The molecule has 4 heterocycles. The molecule has 2 atom stereocenters. The van der Waals surface area contributed by atoms with Gasteiger partial charge in [0.15, 0.2) is 10.9 Å². The van der Waals surface area contributed by atoms with Crippen molar-refractivity contribution in [3.63, 3.8) is 0 Å². The Balaban J connectivity index is 0.877. The smallest absolute Gasteiger partial charge is 0.420 e. The lowest BCUT2D eigenvalue weighted by atomic mass is 9.85. The second-order valence-electron chi connectivity index (χ2n) is 18.5. The number of halogens is 5. The van der Waals surface area contributed by atoms with Gasteiger partial charge in [-0.3, -0.25) is 24.1 Å². The van der Waals surface area contributed by atoms with Crippen LogP contribution in [0.3, 0.4) is 0 Å². The highest BCUT2D eigenvalue weighted by Crippen LogP contribution is 2.43. The fourth-order valence-corrected chi connectivity index (χ4v) is 9.71. The Labute approximate surface area is 423 Å². The van der Waals surface area contributed by atoms with Crippen LogP contribution in [0.25, 0.3) is 10.4 Å². The van der Waals surface area contributed by atoms with Crippen molar-refractivity contribution >= 4 is 75.3 Å². The molecule has 15 nitrogen and oxygen atoms in total. The molecule has 2 aliphatic heterocycles. The van der Waals surface area contributed by atoms with E-state index in [1.165, 1.54) is 37.1 Å². The number of thiazole rings is 1. The van der Waals surface area contributed by atoms with Crippen LogP contribution in [0, 0.1) is 29.5 Å². The first kappa shape index (κ1) is 54.5. The second kappa shape index (κ2) is 23.2. The van der Waals surface area contributed by atoms with E-state index >= 15 is 4.39 Å². The fourth-order valence-electron chi connectivity index (χ4n) is 8.16. The summed E-state index contributed by atoms with van der Waals surface area (Å²) in [5.41, 5.74) is -0.792. The monoisotopic (exact) mass is 1040 g/mol. The largest absolute Gasteiger partial charge is 0.478 e. The minimum Gasteiger partial charge on any atom is -0.478 e. The number of nitriles is 1. The van der Waals surface area contributed by atoms with Gasteiger partial charge in [0.2, 0.25) is 23.6 Å². The predicted octanol–water partition coefficient (Wildman–Crippen LogP) is 8.53. The number of aryl methyl sites for hydroxylation is 1. The molecular formula is C49H55ClF4N8O7S2. The van der Waals surface area contributed by atoms with Crippen molar-refractivity contribution in [2.45, 2.75) is 104 Å². The van der Waals surface area contributed by atoms with Crippen molar-refractivity contribution < 1.29 is 51.0 Å². The zero-order chi connectivity index (χ0) is 51.8. The van der Waals surface area contributed by atoms with Gasteiger partial charge in [-0.25, -0.2) is 14.4 Å². The SMILES string of the molecule is Cc1ncsc1-c1ccc(CNC(=O)[C@@H]2CCCN2C(=O)[C@@H](NC(=O)COCCCOCCCCOc2cc(Cl)c(N3C(=S)N(c4ccc(C#N)c(C(F)(F)F)c4F)C(=O)C3(C)C)cn2)C(C)(C)C)cc1. The molecule has 2 aliphatic rings. The number of alkyl halides is 3. The van der Waals surface area contributed by atoms with Gasteiger partial charge >= 0.3 is 6.18 Å². The van der Waals surface area contributed by atoms with Crippen molar-refractivity contribution in [3.8, 4) is 22.4 Å². The number of thiocarbonyl (C=S) groups is 1. The maximum Gasteiger partial charge on any atom is 0.420 e. The minimum absolute atomic E-state index is 0.0520. The summed E-state index contributed by atoms with van der Waals surface area (Å²) in [6.45, 7) is 12.2. The quantitative estimate of drug-likeness (QED) is 0.0491. The molecule has 0 spiro atoms. The molecule has 0 unspecified atom stereocenters. The van der Waals surface area contributed by atoms with Crippen molar-refractivity contribution in [2.75, 3.05) is 49.4 Å². The average Bonchev–Trinajstić information content (AvgIpc) is 4.02. The number of amides is 4. The van der Waals surface area contributed by atoms with Gasteiger partial charge < -0.3 is 34.6 Å². The van der Waals surface area contributed by atoms with Gasteiger partial charge in [-0.05, 0) is 93.8 Å². The van der Waals surface area contributed by atoms with E-state index in [9.17, 15) is 32.3 Å². The van der Waals surface area contributed by atoms with E-state index in [1.54, 1.807) is 16.2 Å². The van der Waals surface area contributed by atoms with Gasteiger partial charge in [0.1, 0.15) is 29.8 Å². The third-order valence-electron chi connectivity index (χ3n) is 11.9.